The topological polar surface area (TPSA) is 40.6 Å². The van der Waals surface area contributed by atoms with Crippen LogP contribution < -0.4 is 0 Å². The average Bonchev–Trinajstić information content (AvgIpc) is 2.57. The van der Waals surface area contributed by atoms with Crippen molar-refractivity contribution in [2.75, 3.05) is 26.2 Å². The van der Waals surface area contributed by atoms with E-state index in [1.165, 1.54) is 5.56 Å². The van der Waals surface area contributed by atoms with Gasteiger partial charge in [-0.05, 0) is 24.6 Å². The minimum atomic E-state index is -4.17. The minimum absolute atomic E-state index is 0.210. The third-order valence-electron chi connectivity index (χ3n) is 4.37. The molecule has 0 unspecified atom stereocenters. The molecule has 0 bridgehead atoms. The van der Waals surface area contributed by atoms with Crippen molar-refractivity contribution in [1.82, 2.24) is 9.21 Å². The molecule has 0 aliphatic carbocycles. The number of benzene rings is 2. The summed E-state index contributed by atoms with van der Waals surface area (Å²) in [4.78, 5) is 1.27. The summed E-state index contributed by atoms with van der Waals surface area (Å²) in [5, 5.41) is 0. The van der Waals surface area contributed by atoms with Gasteiger partial charge in [0, 0.05) is 32.7 Å². The van der Waals surface area contributed by atoms with Gasteiger partial charge < -0.3 is 0 Å². The van der Waals surface area contributed by atoms with Gasteiger partial charge in [-0.3, -0.25) is 4.90 Å². The molecule has 4 nitrogen and oxygen atoms in total. The maximum atomic E-state index is 13.8. The molecule has 7 heteroatoms. The number of piperazine rings is 1. The molecule has 1 fully saturated rings. The molecule has 0 atom stereocenters. The largest absolute Gasteiger partial charge is 0.296 e. The summed E-state index contributed by atoms with van der Waals surface area (Å²) in [6.07, 6.45) is 0. The molecule has 0 spiro atoms. The highest BCUT2D eigenvalue weighted by molar-refractivity contribution is 7.89. The van der Waals surface area contributed by atoms with Crippen LogP contribution in [0.15, 0.2) is 47.4 Å². The van der Waals surface area contributed by atoms with Gasteiger partial charge in [0.2, 0.25) is 10.0 Å². The fourth-order valence-corrected chi connectivity index (χ4v) is 4.47. The summed E-state index contributed by atoms with van der Waals surface area (Å²) >= 11 is 0. The van der Waals surface area contributed by atoms with Crippen LogP contribution in [0.4, 0.5) is 8.78 Å². The lowest BCUT2D eigenvalue weighted by atomic mass is 10.1. The van der Waals surface area contributed by atoms with Gasteiger partial charge in [0.1, 0.15) is 11.6 Å². The predicted molar refractivity (Wildman–Crippen MR) is 91.6 cm³/mol. The van der Waals surface area contributed by atoms with Crippen molar-refractivity contribution in [3.8, 4) is 0 Å². The standard InChI is InChI=1S/C18H20F2N2O2S/c1-14-5-7-15(8-6-14)13-21-9-11-22(12-10-21)25(23,24)18-16(19)3-2-4-17(18)20/h2-8H,9-13H2,1H3. The van der Waals surface area contributed by atoms with Crippen LogP contribution in [0.25, 0.3) is 0 Å². The molecule has 1 heterocycles. The Morgan fingerprint density at radius 3 is 2.04 bits per heavy atom. The molecule has 2 aromatic carbocycles. The Morgan fingerprint density at radius 1 is 0.920 bits per heavy atom. The first kappa shape index (κ1) is 18.0. The van der Waals surface area contributed by atoms with E-state index in [0.717, 1.165) is 34.6 Å². The van der Waals surface area contributed by atoms with E-state index in [4.69, 9.17) is 0 Å². The molecule has 1 aliphatic rings. The van der Waals surface area contributed by atoms with Gasteiger partial charge in [0.15, 0.2) is 4.90 Å². The van der Waals surface area contributed by atoms with Crippen molar-refractivity contribution in [2.45, 2.75) is 18.4 Å². The molecular weight excluding hydrogens is 346 g/mol. The first-order valence-corrected chi connectivity index (χ1v) is 9.54. The Kier molecular flexibility index (Phi) is 5.17. The van der Waals surface area contributed by atoms with E-state index in [9.17, 15) is 17.2 Å². The zero-order chi connectivity index (χ0) is 18.0. The highest BCUT2D eigenvalue weighted by atomic mass is 32.2. The summed E-state index contributed by atoms with van der Waals surface area (Å²) < 4.78 is 54.0. The third-order valence-corrected chi connectivity index (χ3v) is 6.33. The molecule has 0 saturated carbocycles. The van der Waals surface area contributed by atoms with E-state index in [1.54, 1.807) is 0 Å². The quantitative estimate of drug-likeness (QED) is 0.836. The van der Waals surface area contributed by atoms with Crippen LogP contribution in [0.2, 0.25) is 0 Å². The first-order valence-electron chi connectivity index (χ1n) is 8.10. The van der Waals surface area contributed by atoms with Crippen molar-refractivity contribution in [2.24, 2.45) is 0 Å². The normalized spacial score (nSPS) is 16.9. The van der Waals surface area contributed by atoms with E-state index in [1.807, 2.05) is 31.2 Å². The summed E-state index contributed by atoms with van der Waals surface area (Å²) in [5.74, 6) is -2.11. The first-order chi connectivity index (χ1) is 11.9. The number of hydrogen-bond acceptors (Lipinski definition) is 3. The van der Waals surface area contributed by atoms with E-state index >= 15 is 0 Å². The third kappa shape index (κ3) is 3.89. The van der Waals surface area contributed by atoms with Crippen molar-refractivity contribution in [3.63, 3.8) is 0 Å². The summed E-state index contributed by atoms with van der Waals surface area (Å²) in [5.41, 5.74) is 2.34. The highest BCUT2D eigenvalue weighted by Gasteiger charge is 2.32. The van der Waals surface area contributed by atoms with E-state index in [0.29, 0.717) is 13.1 Å². The molecule has 0 aromatic heterocycles. The zero-order valence-electron chi connectivity index (χ0n) is 14.0. The van der Waals surface area contributed by atoms with E-state index in [2.05, 4.69) is 4.90 Å². The Morgan fingerprint density at radius 2 is 1.48 bits per heavy atom. The van der Waals surface area contributed by atoms with Crippen LogP contribution in [0, 0.1) is 18.6 Å². The number of aryl methyl sites for hydroxylation is 1. The number of rotatable bonds is 4. The Bertz CT molecular complexity index is 826. The monoisotopic (exact) mass is 366 g/mol. The minimum Gasteiger partial charge on any atom is -0.296 e. The molecule has 134 valence electrons. The van der Waals surface area contributed by atoms with Gasteiger partial charge in [-0.1, -0.05) is 35.9 Å². The highest BCUT2D eigenvalue weighted by Crippen LogP contribution is 2.23. The summed E-state index contributed by atoms with van der Waals surface area (Å²) in [7, 11) is -4.17. The molecule has 3 rings (SSSR count). The van der Waals surface area contributed by atoms with Crippen LogP contribution in [0.5, 0.6) is 0 Å². The SMILES string of the molecule is Cc1ccc(CN2CCN(S(=O)(=O)c3c(F)cccc3F)CC2)cc1. The zero-order valence-corrected chi connectivity index (χ0v) is 14.8. The number of hydrogen-bond donors (Lipinski definition) is 0. The fraction of sp³-hybridized carbons (Fsp3) is 0.333. The van der Waals surface area contributed by atoms with Crippen molar-refractivity contribution in [3.05, 3.63) is 65.2 Å². The maximum Gasteiger partial charge on any atom is 0.249 e. The second kappa shape index (κ2) is 7.19. The van der Waals surface area contributed by atoms with Crippen molar-refractivity contribution < 1.29 is 17.2 Å². The summed E-state index contributed by atoms with van der Waals surface area (Å²) in [6, 6.07) is 11.3. The van der Waals surface area contributed by atoms with Gasteiger partial charge in [-0.25, -0.2) is 17.2 Å². The molecule has 0 amide bonds. The molecule has 2 aromatic rings. The van der Waals surface area contributed by atoms with Crippen LogP contribution in [0.3, 0.4) is 0 Å². The molecule has 1 aliphatic heterocycles. The predicted octanol–water partition coefficient (Wildman–Crippen LogP) is 2.78. The summed E-state index contributed by atoms with van der Waals surface area (Å²) in [6.45, 7) is 4.20. The molecule has 25 heavy (non-hydrogen) atoms. The fourth-order valence-electron chi connectivity index (χ4n) is 2.94. The van der Waals surface area contributed by atoms with Gasteiger partial charge in [0.05, 0.1) is 0 Å². The average molecular weight is 366 g/mol. The van der Waals surface area contributed by atoms with Crippen molar-refractivity contribution in [1.29, 1.82) is 0 Å². The van der Waals surface area contributed by atoms with Gasteiger partial charge in [0.25, 0.3) is 0 Å². The second-order valence-electron chi connectivity index (χ2n) is 6.22. The number of sulfonamides is 1. The van der Waals surface area contributed by atoms with Crippen LogP contribution in [0.1, 0.15) is 11.1 Å². The lowest BCUT2D eigenvalue weighted by molar-refractivity contribution is 0.181. The Labute approximate surface area is 146 Å². The van der Waals surface area contributed by atoms with Crippen LogP contribution in [-0.2, 0) is 16.6 Å². The van der Waals surface area contributed by atoms with Gasteiger partial charge in [-0.15, -0.1) is 0 Å². The van der Waals surface area contributed by atoms with E-state index in [-0.39, 0.29) is 13.1 Å². The second-order valence-corrected chi connectivity index (χ2v) is 8.09. The van der Waals surface area contributed by atoms with Gasteiger partial charge in [-0.2, -0.15) is 4.31 Å². The number of halogens is 2. The Balaban J connectivity index is 1.68. The lowest BCUT2D eigenvalue weighted by Gasteiger charge is -2.34. The maximum absolute atomic E-state index is 13.8. The molecule has 0 radical (unpaired) electrons. The smallest absolute Gasteiger partial charge is 0.249 e. The van der Waals surface area contributed by atoms with Crippen LogP contribution in [-0.4, -0.2) is 43.8 Å². The molecule has 1 saturated heterocycles. The number of nitrogens with zero attached hydrogens (tertiary/aromatic N) is 2. The van der Waals surface area contributed by atoms with Crippen molar-refractivity contribution >= 4 is 10.0 Å². The molecular formula is C18H20F2N2O2S. The van der Waals surface area contributed by atoms with Crippen LogP contribution >= 0.6 is 0 Å². The molecule has 0 N–H and O–H groups in total. The lowest BCUT2D eigenvalue weighted by Crippen LogP contribution is -2.48. The van der Waals surface area contributed by atoms with E-state index < -0.39 is 26.6 Å². The van der Waals surface area contributed by atoms with Gasteiger partial charge >= 0.3 is 0 Å². The Hall–Kier alpha value is -1.83.